The summed E-state index contributed by atoms with van der Waals surface area (Å²) in [7, 11) is 1.47. The predicted molar refractivity (Wildman–Crippen MR) is 81.4 cm³/mol. The number of hydrogen-bond donors (Lipinski definition) is 0. The summed E-state index contributed by atoms with van der Waals surface area (Å²) >= 11 is 0. The van der Waals surface area contributed by atoms with Crippen molar-refractivity contribution in [1.29, 1.82) is 0 Å². The third kappa shape index (κ3) is 2.64. The second-order valence-corrected chi connectivity index (χ2v) is 5.15. The molecule has 118 valence electrons. The van der Waals surface area contributed by atoms with Gasteiger partial charge >= 0.3 is 5.69 Å². The van der Waals surface area contributed by atoms with Gasteiger partial charge in [0.05, 0.1) is 29.0 Å². The molecule has 0 spiro atoms. The van der Waals surface area contributed by atoms with E-state index in [-0.39, 0.29) is 30.3 Å². The van der Waals surface area contributed by atoms with E-state index < -0.39 is 16.2 Å². The van der Waals surface area contributed by atoms with E-state index >= 15 is 0 Å². The molecule has 22 heavy (non-hydrogen) atoms. The van der Waals surface area contributed by atoms with Gasteiger partial charge in [-0.15, -0.1) is 0 Å². The standard InChI is InChI=1S/C14H17N3O5/c1-9(2)16-12-5-4-10(17(20)21)8-11(12)13(18)15(14(16)19)6-7-22-3/h4-5,8-9H,6-7H2,1-3H3. The summed E-state index contributed by atoms with van der Waals surface area (Å²) in [4.78, 5) is 35.3. The Hall–Kier alpha value is -2.48. The van der Waals surface area contributed by atoms with E-state index in [1.54, 1.807) is 0 Å². The Kier molecular flexibility index (Phi) is 4.41. The second-order valence-electron chi connectivity index (χ2n) is 5.15. The lowest BCUT2D eigenvalue weighted by atomic mass is 10.2. The summed E-state index contributed by atoms with van der Waals surface area (Å²) in [6.45, 7) is 3.92. The predicted octanol–water partition coefficient (Wildman–Crippen LogP) is 1.30. The first-order valence-corrected chi connectivity index (χ1v) is 6.81. The molecule has 1 aromatic carbocycles. The van der Waals surface area contributed by atoms with Crippen LogP contribution in [0, 0.1) is 10.1 Å². The molecule has 0 bridgehead atoms. The first kappa shape index (κ1) is 15.9. The van der Waals surface area contributed by atoms with Gasteiger partial charge in [0, 0.05) is 25.3 Å². The zero-order valence-corrected chi connectivity index (χ0v) is 12.6. The maximum absolute atomic E-state index is 12.5. The summed E-state index contributed by atoms with van der Waals surface area (Å²) in [6, 6.07) is 3.75. The minimum Gasteiger partial charge on any atom is -0.383 e. The van der Waals surface area contributed by atoms with E-state index in [0.29, 0.717) is 5.52 Å². The highest BCUT2D eigenvalue weighted by atomic mass is 16.6. The van der Waals surface area contributed by atoms with Crippen molar-refractivity contribution in [3.63, 3.8) is 0 Å². The van der Waals surface area contributed by atoms with Gasteiger partial charge in [0.1, 0.15) is 0 Å². The van der Waals surface area contributed by atoms with Crippen LogP contribution in [-0.2, 0) is 11.3 Å². The van der Waals surface area contributed by atoms with Gasteiger partial charge in [-0.3, -0.25) is 24.0 Å². The van der Waals surface area contributed by atoms with Crippen molar-refractivity contribution in [2.24, 2.45) is 0 Å². The molecule has 0 amide bonds. The normalized spacial score (nSPS) is 11.3. The number of hydrogen-bond acceptors (Lipinski definition) is 5. The summed E-state index contributed by atoms with van der Waals surface area (Å²) in [5.41, 5.74) is -0.780. The van der Waals surface area contributed by atoms with E-state index in [1.165, 1.54) is 29.9 Å². The van der Waals surface area contributed by atoms with E-state index in [9.17, 15) is 19.7 Å². The maximum atomic E-state index is 12.5. The molecule has 8 nitrogen and oxygen atoms in total. The Balaban J connectivity index is 2.88. The van der Waals surface area contributed by atoms with Crippen molar-refractivity contribution in [2.45, 2.75) is 26.4 Å². The minimum absolute atomic E-state index is 0.0967. The number of nitrogens with zero attached hydrogens (tertiary/aromatic N) is 3. The first-order valence-electron chi connectivity index (χ1n) is 6.81. The van der Waals surface area contributed by atoms with Crippen molar-refractivity contribution >= 4 is 16.6 Å². The third-order valence-electron chi connectivity index (χ3n) is 3.40. The van der Waals surface area contributed by atoms with Gasteiger partial charge in [0.25, 0.3) is 11.2 Å². The molecule has 0 saturated heterocycles. The van der Waals surface area contributed by atoms with Crippen LogP contribution in [0.3, 0.4) is 0 Å². The monoisotopic (exact) mass is 307 g/mol. The molecule has 8 heteroatoms. The SMILES string of the molecule is COCCn1c(=O)c2cc([N+](=O)[O-])ccc2n(C(C)C)c1=O. The molecule has 0 atom stereocenters. The van der Waals surface area contributed by atoms with Gasteiger partial charge in [-0.1, -0.05) is 0 Å². The van der Waals surface area contributed by atoms with Gasteiger partial charge in [-0.25, -0.2) is 4.79 Å². The van der Waals surface area contributed by atoms with Gasteiger partial charge in [-0.05, 0) is 19.9 Å². The molecule has 0 aliphatic heterocycles. The molecule has 0 aliphatic carbocycles. The molecule has 0 N–H and O–H groups in total. The number of non-ortho nitro benzene ring substituents is 1. The maximum Gasteiger partial charge on any atom is 0.331 e. The quantitative estimate of drug-likeness (QED) is 0.612. The molecule has 0 radical (unpaired) electrons. The molecule has 2 aromatic rings. The smallest absolute Gasteiger partial charge is 0.331 e. The van der Waals surface area contributed by atoms with Crippen molar-refractivity contribution in [2.75, 3.05) is 13.7 Å². The molecule has 2 rings (SSSR count). The highest BCUT2D eigenvalue weighted by molar-refractivity contribution is 5.80. The summed E-state index contributed by atoms with van der Waals surface area (Å²) in [5.74, 6) is 0. The Morgan fingerprint density at radius 2 is 2.00 bits per heavy atom. The Morgan fingerprint density at radius 1 is 1.32 bits per heavy atom. The van der Waals surface area contributed by atoms with Crippen LogP contribution in [0.1, 0.15) is 19.9 Å². The van der Waals surface area contributed by atoms with Crippen LogP contribution in [0.2, 0.25) is 0 Å². The first-order chi connectivity index (χ1) is 10.4. The van der Waals surface area contributed by atoms with Gasteiger partial charge in [0.15, 0.2) is 0 Å². The molecule has 0 unspecified atom stereocenters. The van der Waals surface area contributed by atoms with Crippen LogP contribution in [0.5, 0.6) is 0 Å². The third-order valence-corrected chi connectivity index (χ3v) is 3.40. The van der Waals surface area contributed by atoms with Crippen LogP contribution in [-0.4, -0.2) is 27.8 Å². The van der Waals surface area contributed by atoms with E-state index in [0.717, 1.165) is 4.57 Å². The zero-order chi connectivity index (χ0) is 16.4. The Bertz CT molecular complexity index is 835. The van der Waals surface area contributed by atoms with Crippen molar-refractivity contribution in [3.8, 4) is 0 Å². The number of methoxy groups -OCH3 is 1. The number of rotatable bonds is 5. The molecule has 1 heterocycles. The number of nitro groups is 1. The van der Waals surface area contributed by atoms with Crippen molar-refractivity contribution in [1.82, 2.24) is 9.13 Å². The average Bonchev–Trinajstić information content (AvgIpc) is 2.46. The zero-order valence-electron chi connectivity index (χ0n) is 12.6. The molecule has 0 fully saturated rings. The molecular formula is C14H17N3O5. The largest absolute Gasteiger partial charge is 0.383 e. The van der Waals surface area contributed by atoms with Crippen LogP contribution in [0.25, 0.3) is 10.9 Å². The van der Waals surface area contributed by atoms with Gasteiger partial charge < -0.3 is 4.74 Å². The molecule has 1 aromatic heterocycles. The topological polar surface area (TPSA) is 96.4 Å². The average molecular weight is 307 g/mol. The summed E-state index contributed by atoms with van der Waals surface area (Å²) in [6.07, 6.45) is 0. The number of nitro benzene ring substituents is 1. The van der Waals surface area contributed by atoms with Gasteiger partial charge in [-0.2, -0.15) is 0 Å². The highest BCUT2D eigenvalue weighted by Crippen LogP contribution is 2.19. The lowest BCUT2D eigenvalue weighted by Crippen LogP contribution is -2.41. The lowest BCUT2D eigenvalue weighted by Gasteiger charge is -2.16. The van der Waals surface area contributed by atoms with Crippen LogP contribution in [0.15, 0.2) is 27.8 Å². The number of fused-ring (bicyclic) bond motifs is 1. The van der Waals surface area contributed by atoms with E-state index in [2.05, 4.69) is 0 Å². The molecular weight excluding hydrogens is 290 g/mol. The fourth-order valence-corrected chi connectivity index (χ4v) is 2.36. The van der Waals surface area contributed by atoms with Crippen LogP contribution in [0.4, 0.5) is 5.69 Å². The molecule has 0 aliphatic rings. The van der Waals surface area contributed by atoms with E-state index in [4.69, 9.17) is 4.74 Å². The van der Waals surface area contributed by atoms with Crippen molar-refractivity contribution < 1.29 is 9.66 Å². The highest BCUT2D eigenvalue weighted by Gasteiger charge is 2.17. The minimum atomic E-state index is -0.566. The number of ether oxygens (including phenoxy) is 1. The van der Waals surface area contributed by atoms with Gasteiger partial charge in [0.2, 0.25) is 0 Å². The number of aromatic nitrogens is 2. The number of benzene rings is 1. The fourth-order valence-electron chi connectivity index (χ4n) is 2.36. The Labute approximate surface area is 125 Å². The van der Waals surface area contributed by atoms with E-state index in [1.807, 2.05) is 13.8 Å². The fraction of sp³-hybridized carbons (Fsp3) is 0.429. The Morgan fingerprint density at radius 3 is 2.55 bits per heavy atom. The molecule has 0 saturated carbocycles. The lowest BCUT2D eigenvalue weighted by molar-refractivity contribution is -0.384. The van der Waals surface area contributed by atoms with Crippen LogP contribution >= 0.6 is 0 Å². The van der Waals surface area contributed by atoms with Crippen LogP contribution < -0.4 is 11.2 Å². The summed E-state index contributed by atoms with van der Waals surface area (Å²) in [5, 5.41) is 11.1. The second kappa shape index (κ2) is 6.10. The summed E-state index contributed by atoms with van der Waals surface area (Å²) < 4.78 is 7.42. The van der Waals surface area contributed by atoms with Crippen molar-refractivity contribution in [3.05, 3.63) is 49.2 Å².